The summed E-state index contributed by atoms with van der Waals surface area (Å²) in [5.74, 6) is 0. The molecule has 0 aromatic carbocycles. The van der Waals surface area contributed by atoms with E-state index in [-0.39, 0.29) is 0 Å². The topological polar surface area (TPSA) is 28.2 Å². The van der Waals surface area contributed by atoms with Crippen LogP contribution in [0.25, 0.3) is 0 Å². The van der Waals surface area contributed by atoms with E-state index in [1.807, 2.05) is 17.5 Å². The van der Waals surface area contributed by atoms with Crippen LogP contribution in [-0.2, 0) is 13.0 Å². The van der Waals surface area contributed by atoms with Crippen molar-refractivity contribution >= 4 is 11.3 Å². The van der Waals surface area contributed by atoms with Crippen molar-refractivity contribution in [3.05, 3.63) is 16.1 Å². The lowest BCUT2D eigenvalue weighted by Crippen LogP contribution is -2.30. The van der Waals surface area contributed by atoms with E-state index in [1.165, 1.54) is 16.3 Å². The number of thiazole rings is 1. The van der Waals surface area contributed by atoms with E-state index < -0.39 is 0 Å². The van der Waals surface area contributed by atoms with Crippen LogP contribution in [0.5, 0.6) is 0 Å². The summed E-state index contributed by atoms with van der Waals surface area (Å²) < 4.78 is 0. The molecule has 0 aliphatic carbocycles. The molecule has 0 amide bonds. The van der Waals surface area contributed by atoms with Crippen LogP contribution in [0.15, 0.2) is 6.20 Å². The van der Waals surface area contributed by atoms with Gasteiger partial charge in [-0.25, -0.2) is 4.98 Å². The lowest BCUT2D eigenvalue weighted by Gasteiger charge is -2.12. The van der Waals surface area contributed by atoms with Gasteiger partial charge in [0.15, 0.2) is 0 Å². The average Bonchev–Trinajstić information content (AvgIpc) is 2.84. The first-order valence-electron chi connectivity index (χ1n) is 6.06. The van der Waals surface area contributed by atoms with Crippen molar-refractivity contribution < 1.29 is 0 Å². The van der Waals surface area contributed by atoms with Crippen molar-refractivity contribution in [3.63, 3.8) is 0 Å². The summed E-state index contributed by atoms with van der Waals surface area (Å²) in [6.07, 6.45) is 4.36. The standard InChI is InChI=1S/C12H21N3S/c1-4-11-6-14-12(16-11)7-13-10-5-9(2)15(3)8-10/h6,9-10,13H,4-5,7-8H2,1-3H3. The fourth-order valence-electron chi connectivity index (χ4n) is 2.17. The third-order valence-corrected chi connectivity index (χ3v) is 4.52. The van der Waals surface area contributed by atoms with Gasteiger partial charge in [-0.2, -0.15) is 0 Å². The van der Waals surface area contributed by atoms with Gasteiger partial charge in [-0.05, 0) is 26.8 Å². The molecular formula is C12H21N3S. The maximum absolute atomic E-state index is 4.43. The highest BCUT2D eigenvalue weighted by molar-refractivity contribution is 7.11. The molecule has 3 nitrogen and oxygen atoms in total. The monoisotopic (exact) mass is 239 g/mol. The largest absolute Gasteiger partial charge is 0.306 e. The van der Waals surface area contributed by atoms with E-state index in [1.54, 1.807) is 0 Å². The van der Waals surface area contributed by atoms with Crippen LogP contribution in [-0.4, -0.2) is 35.6 Å². The molecule has 1 N–H and O–H groups in total. The Morgan fingerprint density at radius 3 is 3.00 bits per heavy atom. The highest BCUT2D eigenvalue weighted by Gasteiger charge is 2.25. The van der Waals surface area contributed by atoms with E-state index in [2.05, 4.69) is 36.1 Å². The van der Waals surface area contributed by atoms with Crippen LogP contribution in [0.3, 0.4) is 0 Å². The van der Waals surface area contributed by atoms with Crippen LogP contribution < -0.4 is 5.32 Å². The van der Waals surface area contributed by atoms with E-state index in [0.29, 0.717) is 12.1 Å². The first kappa shape index (κ1) is 12.0. The normalized spacial score (nSPS) is 26.4. The highest BCUT2D eigenvalue weighted by atomic mass is 32.1. The number of nitrogens with zero attached hydrogens (tertiary/aromatic N) is 2. The Hall–Kier alpha value is -0.450. The number of nitrogens with one attached hydrogen (secondary N) is 1. The van der Waals surface area contributed by atoms with Gasteiger partial charge in [0, 0.05) is 36.2 Å². The Morgan fingerprint density at radius 2 is 2.44 bits per heavy atom. The molecule has 1 aliphatic rings. The van der Waals surface area contributed by atoms with Crippen molar-refractivity contribution in [1.82, 2.24) is 15.2 Å². The zero-order valence-corrected chi connectivity index (χ0v) is 11.2. The van der Waals surface area contributed by atoms with Gasteiger partial charge in [0.1, 0.15) is 5.01 Å². The minimum absolute atomic E-state index is 0.633. The molecule has 0 spiro atoms. The molecule has 0 saturated carbocycles. The summed E-state index contributed by atoms with van der Waals surface area (Å²) in [7, 11) is 2.20. The SMILES string of the molecule is CCc1cnc(CNC2CC(C)N(C)C2)s1. The Kier molecular flexibility index (Phi) is 3.95. The fourth-order valence-corrected chi connectivity index (χ4v) is 2.98. The van der Waals surface area contributed by atoms with Gasteiger partial charge in [0.2, 0.25) is 0 Å². The zero-order valence-electron chi connectivity index (χ0n) is 10.4. The molecule has 0 bridgehead atoms. The number of aryl methyl sites for hydroxylation is 1. The molecule has 2 atom stereocenters. The third kappa shape index (κ3) is 2.81. The quantitative estimate of drug-likeness (QED) is 0.869. The van der Waals surface area contributed by atoms with E-state index >= 15 is 0 Å². The second-order valence-corrected chi connectivity index (χ2v) is 5.88. The maximum atomic E-state index is 4.43. The van der Waals surface area contributed by atoms with Crippen LogP contribution in [0.1, 0.15) is 30.2 Å². The molecule has 4 heteroatoms. The summed E-state index contributed by atoms with van der Waals surface area (Å²) in [6.45, 7) is 6.56. The highest BCUT2D eigenvalue weighted by Crippen LogP contribution is 2.17. The van der Waals surface area contributed by atoms with Crippen LogP contribution in [0.4, 0.5) is 0 Å². The summed E-state index contributed by atoms with van der Waals surface area (Å²) >= 11 is 1.83. The Balaban J connectivity index is 1.79. The van der Waals surface area contributed by atoms with E-state index in [0.717, 1.165) is 19.5 Å². The number of hydrogen-bond acceptors (Lipinski definition) is 4. The van der Waals surface area contributed by atoms with Crippen molar-refractivity contribution in [1.29, 1.82) is 0 Å². The summed E-state index contributed by atoms with van der Waals surface area (Å²) in [5, 5.41) is 4.82. The first-order chi connectivity index (χ1) is 7.69. The molecule has 1 fully saturated rings. The molecule has 1 aromatic heterocycles. The third-order valence-electron chi connectivity index (χ3n) is 3.38. The van der Waals surface area contributed by atoms with Crippen molar-refractivity contribution in [2.24, 2.45) is 0 Å². The Labute approximate surface area is 102 Å². The Bertz CT molecular complexity index is 327. The maximum Gasteiger partial charge on any atom is 0.107 e. The van der Waals surface area contributed by atoms with Crippen molar-refractivity contribution in [3.8, 4) is 0 Å². The molecule has 0 radical (unpaired) electrons. The average molecular weight is 239 g/mol. The Morgan fingerprint density at radius 1 is 1.62 bits per heavy atom. The molecule has 2 unspecified atom stereocenters. The molecule has 2 heterocycles. The fraction of sp³-hybridized carbons (Fsp3) is 0.750. The lowest BCUT2D eigenvalue weighted by atomic mass is 10.2. The minimum Gasteiger partial charge on any atom is -0.306 e. The second kappa shape index (κ2) is 5.25. The first-order valence-corrected chi connectivity index (χ1v) is 6.88. The van der Waals surface area contributed by atoms with Crippen LogP contribution in [0.2, 0.25) is 0 Å². The van der Waals surface area contributed by atoms with Crippen molar-refractivity contribution in [2.45, 2.75) is 45.3 Å². The van der Waals surface area contributed by atoms with Gasteiger partial charge in [0.25, 0.3) is 0 Å². The summed E-state index contributed by atoms with van der Waals surface area (Å²) in [4.78, 5) is 8.23. The van der Waals surface area contributed by atoms with Crippen LogP contribution >= 0.6 is 11.3 Å². The molecule has 16 heavy (non-hydrogen) atoms. The van der Waals surface area contributed by atoms with Gasteiger partial charge < -0.3 is 10.2 Å². The molecule has 1 saturated heterocycles. The molecule has 90 valence electrons. The summed E-state index contributed by atoms with van der Waals surface area (Å²) in [6, 6.07) is 1.34. The van der Waals surface area contributed by atoms with Crippen LogP contribution in [0, 0.1) is 0 Å². The summed E-state index contributed by atoms with van der Waals surface area (Å²) in [5.41, 5.74) is 0. The zero-order chi connectivity index (χ0) is 11.5. The molecule has 2 rings (SSSR count). The minimum atomic E-state index is 0.633. The second-order valence-electron chi connectivity index (χ2n) is 4.68. The number of rotatable bonds is 4. The van der Waals surface area contributed by atoms with E-state index in [4.69, 9.17) is 0 Å². The van der Waals surface area contributed by atoms with Gasteiger partial charge in [0.05, 0.1) is 0 Å². The number of aromatic nitrogens is 1. The molecule has 1 aliphatic heterocycles. The van der Waals surface area contributed by atoms with Gasteiger partial charge in [-0.15, -0.1) is 11.3 Å². The van der Waals surface area contributed by atoms with Crippen molar-refractivity contribution in [2.75, 3.05) is 13.6 Å². The van der Waals surface area contributed by atoms with Gasteiger partial charge in [-0.3, -0.25) is 0 Å². The van der Waals surface area contributed by atoms with Gasteiger partial charge in [-0.1, -0.05) is 6.92 Å². The number of likely N-dealkylation sites (N-methyl/N-ethyl adjacent to an activating group) is 1. The smallest absolute Gasteiger partial charge is 0.107 e. The number of likely N-dealkylation sites (tertiary alicyclic amines) is 1. The predicted molar refractivity (Wildman–Crippen MR) is 68.8 cm³/mol. The lowest BCUT2D eigenvalue weighted by molar-refractivity contribution is 0.326. The van der Waals surface area contributed by atoms with E-state index in [9.17, 15) is 0 Å². The van der Waals surface area contributed by atoms with Gasteiger partial charge >= 0.3 is 0 Å². The molecule has 1 aromatic rings. The predicted octanol–water partition coefficient (Wildman–Crippen LogP) is 1.89. The molecular weight excluding hydrogens is 218 g/mol. The number of hydrogen-bond donors (Lipinski definition) is 1.